The normalized spacial score (nSPS) is 19.3. The van der Waals surface area contributed by atoms with E-state index < -0.39 is 23.9 Å². The first-order valence-corrected chi connectivity index (χ1v) is 12.9. The molecule has 38 heavy (non-hydrogen) atoms. The molecule has 1 saturated heterocycles. The van der Waals surface area contributed by atoms with Gasteiger partial charge in [0.15, 0.2) is 0 Å². The average molecular weight is 537 g/mol. The van der Waals surface area contributed by atoms with E-state index in [-0.39, 0.29) is 78.0 Å². The second kappa shape index (κ2) is 16.0. The van der Waals surface area contributed by atoms with E-state index >= 15 is 0 Å². The molecule has 1 aliphatic rings. The number of rotatable bonds is 12. The van der Waals surface area contributed by atoms with Gasteiger partial charge in [-0.1, -0.05) is 37.6 Å². The molecule has 0 bridgehead atoms. The van der Waals surface area contributed by atoms with Crippen LogP contribution in [-0.4, -0.2) is 142 Å². The van der Waals surface area contributed by atoms with E-state index in [1.807, 2.05) is 24.3 Å². The molecule has 212 valence electrons. The lowest BCUT2D eigenvalue weighted by Crippen LogP contribution is -2.53. The minimum atomic E-state index is -1.03. The molecule has 12 heteroatoms. The van der Waals surface area contributed by atoms with Crippen LogP contribution in [0.1, 0.15) is 24.5 Å². The maximum Gasteiger partial charge on any atom is 0.317 e. The van der Waals surface area contributed by atoms with Crippen molar-refractivity contribution in [2.24, 2.45) is 0 Å². The number of aliphatic carboxylic acids is 4. The van der Waals surface area contributed by atoms with E-state index in [0.717, 1.165) is 18.4 Å². The van der Waals surface area contributed by atoms with Crippen molar-refractivity contribution in [3.8, 4) is 0 Å². The molecular weight excluding hydrogens is 496 g/mol. The van der Waals surface area contributed by atoms with Crippen molar-refractivity contribution in [2.45, 2.75) is 32.2 Å². The highest BCUT2D eigenvalue weighted by Crippen LogP contribution is 2.15. The average Bonchev–Trinajstić information content (AvgIpc) is 2.82. The standard InChI is InChI=1S/C26H40N4O8/c1-2-3-20-4-6-21(7-5-20)14-22-15-29(18-25(35)36)11-10-27(16-23(31)32)8-9-28(17-24(33)34)12-13-30(22)19-26(37)38/h4-7,22H,2-3,8-19H2,1H3,(H,31,32)(H,33,34)(H,35,36)(H,37,38). The molecule has 0 spiro atoms. The predicted molar refractivity (Wildman–Crippen MR) is 139 cm³/mol. The second-order valence-electron chi connectivity index (χ2n) is 9.76. The van der Waals surface area contributed by atoms with Gasteiger partial charge in [-0.05, 0) is 24.0 Å². The van der Waals surface area contributed by atoms with Crippen molar-refractivity contribution in [1.82, 2.24) is 19.6 Å². The highest BCUT2D eigenvalue weighted by molar-refractivity contribution is 5.70. The van der Waals surface area contributed by atoms with Gasteiger partial charge in [0.1, 0.15) is 0 Å². The number of carboxylic acids is 4. The molecule has 1 atom stereocenters. The van der Waals surface area contributed by atoms with Gasteiger partial charge in [0, 0.05) is 51.9 Å². The van der Waals surface area contributed by atoms with Crippen LogP contribution in [0.3, 0.4) is 0 Å². The van der Waals surface area contributed by atoms with Gasteiger partial charge in [0.2, 0.25) is 0 Å². The fraction of sp³-hybridized carbons (Fsp3) is 0.615. The van der Waals surface area contributed by atoms with E-state index in [1.54, 1.807) is 19.6 Å². The summed E-state index contributed by atoms with van der Waals surface area (Å²) >= 11 is 0. The number of nitrogens with zero attached hydrogens (tertiary/aromatic N) is 4. The van der Waals surface area contributed by atoms with Crippen molar-refractivity contribution in [2.75, 3.05) is 72.0 Å². The first-order chi connectivity index (χ1) is 18.0. The van der Waals surface area contributed by atoms with Gasteiger partial charge < -0.3 is 20.4 Å². The van der Waals surface area contributed by atoms with Crippen LogP contribution in [0, 0.1) is 0 Å². The summed E-state index contributed by atoms with van der Waals surface area (Å²) in [6, 6.07) is 7.74. The number of aryl methyl sites for hydroxylation is 1. The highest BCUT2D eigenvalue weighted by atomic mass is 16.4. The first kappa shape index (κ1) is 31.2. The summed E-state index contributed by atoms with van der Waals surface area (Å²) in [7, 11) is 0. The monoisotopic (exact) mass is 536 g/mol. The van der Waals surface area contributed by atoms with Gasteiger partial charge in [0.05, 0.1) is 26.2 Å². The lowest BCUT2D eigenvalue weighted by Gasteiger charge is -2.37. The minimum Gasteiger partial charge on any atom is -0.480 e. The Morgan fingerprint density at radius 2 is 1.08 bits per heavy atom. The molecule has 1 fully saturated rings. The number of hydrogen-bond acceptors (Lipinski definition) is 8. The summed E-state index contributed by atoms with van der Waals surface area (Å²) in [4.78, 5) is 53.2. The van der Waals surface area contributed by atoms with Crippen molar-refractivity contribution >= 4 is 23.9 Å². The number of hydrogen-bond donors (Lipinski definition) is 4. The Kier molecular flexibility index (Phi) is 13.1. The fourth-order valence-corrected chi connectivity index (χ4v) is 4.76. The molecule has 1 aliphatic heterocycles. The number of carboxylic acid groups (broad SMARTS) is 4. The molecule has 0 saturated carbocycles. The van der Waals surface area contributed by atoms with Gasteiger partial charge in [-0.15, -0.1) is 0 Å². The number of carbonyl (C=O) groups is 4. The third kappa shape index (κ3) is 12.0. The molecule has 0 aliphatic carbocycles. The van der Waals surface area contributed by atoms with Crippen LogP contribution < -0.4 is 0 Å². The highest BCUT2D eigenvalue weighted by Gasteiger charge is 2.27. The van der Waals surface area contributed by atoms with Crippen LogP contribution in [0.5, 0.6) is 0 Å². The van der Waals surface area contributed by atoms with Crippen LogP contribution >= 0.6 is 0 Å². The third-order valence-electron chi connectivity index (χ3n) is 6.60. The van der Waals surface area contributed by atoms with Crippen molar-refractivity contribution in [3.63, 3.8) is 0 Å². The van der Waals surface area contributed by atoms with Crippen LogP contribution in [0.15, 0.2) is 24.3 Å². The summed E-state index contributed by atoms with van der Waals surface area (Å²) in [6.45, 7) is 2.96. The lowest BCUT2D eigenvalue weighted by atomic mass is 10.0. The Morgan fingerprint density at radius 1 is 0.658 bits per heavy atom. The summed E-state index contributed by atoms with van der Waals surface area (Å²) < 4.78 is 0. The van der Waals surface area contributed by atoms with Gasteiger partial charge in [-0.25, -0.2) is 0 Å². The molecule has 0 radical (unpaired) electrons. The van der Waals surface area contributed by atoms with Crippen molar-refractivity contribution in [3.05, 3.63) is 35.4 Å². The molecule has 1 unspecified atom stereocenters. The van der Waals surface area contributed by atoms with Crippen LogP contribution in [0.2, 0.25) is 0 Å². The topological polar surface area (TPSA) is 162 Å². The second-order valence-corrected chi connectivity index (χ2v) is 9.76. The van der Waals surface area contributed by atoms with E-state index in [4.69, 9.17) is 0 Å². The van der Waals surface area contributed by atoms with Crippen LogP contribution in [-0.2, 0) is 32.0 Å². The zero-order chi connectivity index (χ0) is 28.1. The quantitative estimate of drug-likeness (QED) is 0.286. The Morgan fingerprint density at radius 3 is 1.55 bits per heavy atom. The summed E-state index contributed by atoms with van der Waals surface area (Å²) in [6.07, 6.45) is 2.45. The maximum absolute atomic E-state index is 11.8. The molecule has 1 aromatic carbocycles. The molecule has 1 aromatic rings. The molecule has 1 heterocycles. The summed E-state index contributed by atoms with van der Waals surface area (Å²) in [5.41, 5.74) is 2.19. The van der Waals surface area contributed by atoms with Crippen molar-refractivity contribution < 1.29 is 39.6 Å². The summed E-state index contributed by atoms with van der Waals surface area (Å²) in [5.74, 6) is -4.10. The van der Waals surface area contributed by atoms with E-state index in [9.17, 15) is 39.6 Å². The zero-order valence-electron chi connectivity index (χ0n) is 22.0. The van der Waals surface area contributed by atoms with E-state index in [2.05, 4.69) is 6.92 Å². The first-order valence-electron chi connectivity index (χ1n) is 12.9. The molecule has 4 N–H and O–H groups in total. The Hall–Kier alpha value is -3.06. The fourth-order valence-electron chi connectivity index (χ4n) is 4.76. The van der Waals surface area contributed by atoms with Gasteiger partial charge in [0.25, 0.3) is 0 Å². The Labute approximate surface area is 223 Å². The van der Waals surface area contributed by atoms with Gasteiger partial charge >= 0.3 is 23.9 Å². The molecule has 0 amide bonds. The summed E-state index contributed by atoms with van der Waals surface area (Å²) in [5, 5.41) is 37.9. The molecule has 0 aromatic heterocycles. The zero-order valence-corrected chi connectivity index (χ0v) is 22.0. The Balaban J connectivity index is 2.38. The minimum absolute atomic E-state index is 0.250. The van der Waals surface area contributed by atoms with Crippen LogP contribution in [0.4, 0.5) is 0 Å². The van der Waals surface area contributed by atoms with Crippen molar-refractivity contribution in [1.29, 1.82) is 0 Å². The Bertz CT molecular complexity index is 926. The van der Waals surface area contributed by atoms with Gasteiger partial charge in [-0.2, -0.15) is 0 Å². The maximum atomic E-state index is 11.8. The third-order valence-corrected chi connectivity index (χ3v) is 6.60. The predicted octanol–water partition coefficient (Wildman–Crippen LogP) is 0.110. The molecular formula is C26H40N4O8. The van der Waals surface area contributed by atoms with E-state index in [0.29, 0.717) is 6.42 Å². The van der Waals surface area contributed by atoms with Gasteiger partial charge in [-0.3, -0.25) is 38.8 Å². The number of benzene rings is 1. The smallest absolute Gasteiger partial charge is 0.317 e. The molecule has 2 rings (SSSR count). The molecule has 12 nitrogen and oxygen atoms in total. The van der Waals surface area contributed by atoms with E-state index in [1.165, 1.54) is 5.56 Å². The SMILES string of the molecule is CCCc1ccc(CC2CN(CC(=O)O)CCN(CC(=O)O)CCN(CC(=O)O)CCN2CC(=O)O)cc1. The lowest BCUT2D eigenvalue weighted by molar-refractivity contribution is -0.142. The largest absolute Gasteiger partial charge is 0.480 e. The van der Waals surface area contributed by atoms with Crippen LogP contribution in [0.25, 0.3) is 0 Å².